The maximum Gasteiger partial charge on any atom is 0.305 e. The summed E-state index contributed by atoms with van der Waals surface area (Å²) in [6.45, 7) is 4.92. The Balaban J connectivity index is 2.25. The summed E-state index contributed by atoms with van der Waals surface area (Å²) in [6.07, 6.45) is 0. The van der Waals surface area contributed by atoms with Crippen LogP contribution in [0.4, 0.5) is 10.1 Å². The van der Waals surface area contributed by atoms with Crippen LogP contribution in [0, 0.1) is 15.9 Å². The summed E-state index contributed by atoms with van der Waals surface area (Å²) in [5.74, 6) is -1.31. The van der Waals surface area contributed by atoms with Crippen molar-refractivity contribution < 1.29 is 18.8 Å². The molecule has 6 nitrogen and oxygen atoms in total. The molecule has 1 aromatic rings. The lowest BCUT2D eigenvalue weighted by molar-refractivity contribution is -0.387. The van der Waals surface area contributed by atoms with E-state index in [-0.39, 0.29) is 11.5 Å². The van der Waals surface area contributed by atoms with E-state index in [1.807, 2.05) is 13.8 Å². The Hall–Kier alpha value is -2.02. The minimum absolute atomic E-state index is 0.107. The smallest absolute Gasteiger partial charge is 0.305 e. The van der Waals surface area contributed by atoms with Crippen LogP contribution in [-0.4, -0.2) is 41.0 Å². The van der Waals surface area contributed by atoms with Crippen LogP contribution in [0.25, 0.3) is 0 Å². The van der Waals surface area contributed by atoms with Gasteiger partial charge in [-0.3, -0.25) is 14.9 Å². The summed E-state index contributed by atoms with van der Waals surface area (Å²) in [7, 11) is 0. The van der Waals surface area contributed by atoms with Crippen LogP contribution in [-0.2, 0) is 4.74 Å². The van der Waals surface area contributed by atoms with Crippen molar-refractivity contribution in [3.05, 3.63) is 39.7 Å². The summed E-state index contributed by atoms with van der Waals surface area (Å²) >= 11 is 0. The molecular weight excluding hydrogens is 267 g/mol. The third kappa shape index (κ3) is 2.93. The van der Waals surface area contributed by atoms with Crippen LogP contribution >= 0.6 is 0 Å². The largest absolute Gasteiger partial charge is 0.372 e. The number of hydrogen-bond donors (Lipinski definition) is 0. The minimum atomic E-state index is -0.950. The number of nitro groups is 1. The van der Waals surface area contributed by atoms with Crippen LogP contribution in [0.15, 0.2) is 18.2 Å². The first-order valence-corrected chi connectivity index (χ1v) is 6.17. The van der Waals surface area contributed by atoms with Crippen LogP contribution < -0.4 is 0 Å². The van der Waals surface area contributed by atoms with E-state index in [4.69, 9.17) is 4.74 Å². The fourth-order valence-electron chi connectivity index (χ4n) is 2.16. The van der Waals surface area contributed by atoms with E-state index in [1.165, 1.54) is 6.07 Å². The summed E-state index contributed by atoms with van der Waals surface area (Å²) < 4.78 is 18.8. The molecule has 1 fully saturated rings. The Morgan fingerprint density at radius 1 is 1.50 bits per heavy atom. The molecule has 1 heterocycles. The average Bonchev–Trinajstić information content (AvgIpc) is 2.37. The molecule has 1 saturated heterocycles. The highest BCUT2D eigenvalue weighted by atomic mass is 19.1. The van der Waals surface area contributed by atoms with Gasteiger partial charge in [0.2, 0.25) is 5.82 Å². The van der Waals surface area contributed by atoms with Crippen molar-refractivity contribution in [3.8, 4) is 0 Å². The second-order valence-corrected chi connectivity index (χ2v) is 5.26. The van der Waals surface area contributed by atoms with E-state index >= 15 is 0 Å². The normalized spacial score (nSPS) is 17.9. The van der Waals surface area contributed by atoms with E-state index in [0.717, 1.165) is 12.1 Å². The standard InChI is InChI=1S/C13H15FN2O4/c1-13(2)8-15(5-6-20-13)12(17)9-3-4-10(14)11(7-9)16(18)19/h3-4,7H,5-6,8H2,1-2H3. The predicted molar refractivity (Wildman–Crippen MR) is 69.0 cm³/mol. The van der Waals surface area contributed by atoms with Gasteiger partial charge in [0, 0.05) is 24.7 Å². The maximum atomic E-state index is 13.3. The van der Waals surface area contributed by atoms with Gasteiger partial charge in [-0.15, -0.1) is 0 Å². The van der Waals surface area contributed by atoms with E-state index in [2.05, 4.69) is 0 Å². The van der Waals surface area contributed by atoms with Crippen molar-refractivity contribution in [3.63, 3.8) is 0 Å². The van der Waals surface area contributed by atoms with Gasteiger partial charge in [-0.05, 0) is 26.0 Å². The summed E-state index contributed by atoms with van der Waals surface area (Å²) in [4.78, 5) is 23.7. The number of benzene rings is 1. The van der Waals surface area contributed by atoms with Crippen molar-refractivity contribution in [2.24, 2.45) is 0 Å². The fraction of sp³-hybridized carbons (Fsp3) is 0.462. The van der Waals surface area contributed by atoms with Crippen molar-refractivity contribution in [1.82, 2.24) is 4.90 Å². The lowest BCUT2D eigenvalue weighted by Gasteiger charge is -2.38. The number of ether oxygens (including phenoxy) is 1. The van der Waals surface area contributed by atoms with E-state index in [1.54, 1.807) is 4.90 Å². The van der Waals surface area contributed by atoms with E-state index in [0.29, 0.717) is 19.7 Å². The SMILES string of the molecule is CC1(C)CN(C(=O)c2ccc(F)c([N+](=O)[O-])c2)CCO1. The van der Waals surface area contributed by atoms with Gasteiger partial charge in [0.25, 0.3) is 5.91 Å². The molecule has 0 spiro atoms. The molecule has 0 unspecified atom stereocenters. The summed E-state index contributed by atoms with van der Waals surface area (Å²) in [5.41, 5.74) is -1.04. The van der Waals surface area contributed by atoms with Gasteiger partial charge in [-0.1, -0.05) is 0 Å². The second-order valence-electron chi connectivity index (χ2n) is 5.26. The number of hydrogen-bond acceptors (Lipinski definition) is 4. The molecule has 0 saturated carbocycles. The first kappa shape index (κ1) is 14.4. The number of nitro benzene ring substituents is 1. The number of amides is 1. The van der Waals surface area contributed by atoms with Gasteiger partial charge in [0.1, 0.15) is 0 Å². The zero-order chi connectivity index (χ0) is 14.9. The lowest BCUT2D eigenvalue weighted by atomic mass is 10.1. The third-order valence-corrected chi connectivity index (χ3v) is 3.10. The molecule has 1 aliphatic heterocycles. The molecule has 108 valence electrons. The highest BCUT2D eigenvalue weighted by Crippen LogP contribution is 2.22. The second kappa shape index (κ2) is 5.16. The van der Waals surface area contributed by atoms with Crippen LogP contribution in [0.3, 0.4) is 0 Å². The molecule has 0 atom stereocenters. The molecule has 0 aliphatic carbocycles. The van der Waals surface area contributed by atoms with Crippen molar-refractivity contribution >= 4 is 11.6 Å². The van der Waals surface area contributed by atoms with E-state index in [9.17, 15) is 19.3 Å². The first-order chi connectivity index (χ1) is 9.30. The lowest BCUT2D eigenvalue weighted by Crippen LogP contribution is -2.50. The Morgan fingerprint density at radius 3 is 2.80 bits per heavy atom. The number of carbonyl (C=O) groups is 1. The van der Waals surface area contributed by atoms with Crippen molar-refractivity contribution in [2.45, 2.75) is 19.4 Å². The Labute approximate surface area is 115 Å². The molecule has 7 heteroatoms. The molecule has 2 rings (SSSR count). The van der Waals surface area contributed by atoms with Gasteiger partial charge < -0.3 is 9.64 Å². The number of rotatable bonds is 2. The highest BCUT2D eigenvalue weighted by molar-refractivity contribution is 5.95. The molecule has 1 aliphatic rings. The van der Waals surface area contributed by atoms with Gasteiger partial charge in [-0.25, -0.2) is 0 Å². The number of halogens is 1. The monoisotopic (exact) mass is 282 g/mol. The molecule has 0 bridgehead atoms. The predicted octanol–water partition coefficient (Wildman–Crippen LogP) is 1.98. The van der Waals surface area contributed by atoms with Crippen LogP contribution in [0.1, 0.15) is 24.2 Å². The Bertz CT molecular complexity index is 559. The number of nitrogens with zero attached hydrogens (tertiary/aromatic N) is 2. The zero-order valence-corrected chi connectivity index (χ0v) is 11.3. The van der Waals surface area contributed by atoms with Gasteiger partial charge >= 0.3 is 5.69 Å². The van der Waals surface area contributed by atoms with Gasteiger partial charge in [-0.2, -0.15) is 4.39 Å². The third-order valence-electron chi connectivity index (χ3n) is 3.10. The maximum absolute atomic E-state index is 13.3. The number of carbonyl (C=O) groups excluding carboxylic acids is 1. The zero-order valence-electron chi connectivity index (χ0n) is 11.3. The molecule has 0 N–H and O–H groups in total. The summed E-state index contributed by atoms with van der Waals surface area (Å²) in [5, 5.41) is 10.7. The Morgan fingerprint density at radius 2 is 2.20 bits per heavy atom. The van der Waals surface area contributed by atoms with Gasteiger partial charge in [0.15, 0.2) is 0 Å². The highest BCUT2D eigenvalue weighted by Gasteiger charge is 2.31. The molecule has 0 radical (unpaired) electrons. The fourth-order valence-corrected chi connectivity index (χ4v) is 2.16. The van der Waals surface area contributed by atoms with Crippen LogP contribution in [0.2, 0.25) is 0 Å². The number of morpholine rings is 1. The minimum Gasteiger partial charge on any atom is -0.372 e. The topological polar surface area (TPSA) is 72.7 Å². The van der Waals surface area contributed by atoms with E-state index < -0.39 is 22.0 Å². The molecule has 1 amide bonds. The molecule has 0 aromatic heterocycles. The molecular formula is C13H15FN2O4. The first-order valence-electron chi connectivity index (χ1n) is 6.17. The average molecular weight is 282 g/mol. The molecule has 1 aromatic carbocycles. The summed E-state index contributed by atoms with van der Waals surface area (Å²) in [6, 6.07) is 3.17. The van der Waals surface area contributed by atoms with Gasteiger partial charge in [0.05, 0.1) is 17.1 Å². The molecule has 20 heavy (non-hydrogen) atoms. The van der Waals surface area contributed by atoms with Crippen molar-refractivity contribution in [2.75, 3.05) is 19.7 Å². The van der Waals surface area contributed by atoms with Crippen molar-refractivity contribution in [1.29, 1.82) is 0 Å². The quantitative estimate of drug-likeness (QED) is 0.614. The van der Waals surface area contributed by atoms with Crippen LogP contribution in [0.5, 0.6) is 0 Å². The Kier molecular flexibility index (Phi) is 3.71.